The van der Waals surface area contributed by atoms with Gasteiger partial charge in [0, 0.05) is 19.0 Å². The Hall–Kier alpha value is -1.27. The molecule has 1 amide bonds. The highest BCUT2D eigenvalue weighted by Gasteiger charge is 2.50. The van der Waals surface area contributed by atoms with Gasteiger partial charge >= 0.3 is 12.1 Å². The number of hydrogen-bond donors (Lipinski definition) is 1. The number of hydrogen-bond acceptors (Lipinski definition) is 2. The maximum atomic E-state index is 12.9. The molecular formula is C12H16F3NO3. The molecule has 2 unspecified atom stereocenters. The highest BCUT2D eigenvalue weighted by molar-refractivity contribution is 5.83. The molecule has 1 heterocycles. The number of carbonyl (C=O) groups excluding carboxylic acids is 1. The van der Waals surface area contributed by atoms with E-state index < -0.39 is 35.8 Å². The van der Waals surface area contributed by atoms with Crippen molar-refractivity contribution in [2.75, 3.05) is 13.1 Å². The number of nitrogens with zero attached hydrogens (tertiary/aromatic N) is 1. The molecule has 0 aromatic carbocycles. The van der Waals surface area contributed by atoms with Gasteiger partial charge in [0.15, 0.2) is 0 Å². The lowest BCUT2D eigenvalue weighted by atomic mass is 9.77. The van der Waals surface area contributed by atoms with Crippen molar-refractivity contribution in [3.8, 4) is 0 Å². The second-order valence-electron chi connectivity index (χ2n) is 5.32. The Bertz CT molecular complexity index is 377. The van der Waals surface area contributed by atoms with Crippen LogP contribution in [-0.4, -0.2) is 41.1 Å². The Morgan fingerprint density at radius 1 is 1.11 bits per heavy atom. The third-order valence-electron chi connectivity index (χ3n) is 4.05. The number of aliphatic carboxylic acids is 1. The second-order valence-corrected chi connectivity index (χ2v) is 5.32. The van der Waals surface area contributed by atoms with E-state index >= 15 is 0 Å². The lowest BCUT2D eigenvalue weighted by molar-refractivity contribution is -0.202. The van der Waals surface area contributed by atoms with Crippen molar-refractivity contribution >= 4 is 11.9 Å². The topological polar surface area (TPSA) is 57.6 Å². The van der Waals surface area contributed by atoms with Gasteiger partial charge in [0.1, 0.15) is 0 Å². The Balaban J connectivity index is 1.99. The van der Waals surface area contributed by atoms with Gasteiger partial charge in [-0.3, -0.25) is 9.59 Å². The van der Waals surface area contributed by atoms with E-state index in [1.54, 1.807) is 0 Å². The standard InChI is InChI=1S/C12H16F3NO3/c13-12(14,15)9-4-2-1-3-8(9)10(17)16-5-7(6-16)11(18)19/h7-9H,1-6H2,(H,18,19). The van der Waals surface area contributed by atoms with Gasteiger partial charge < -0.3 is 10.0 Å². The summed E-state index contributed by atoms with van der Waals surface area (Å²) in [6, 6.07) is 0. The molecule has 0 bridgehead atoms. The molecule has 19 heavy (non-hydrogen) atoms. The first kappa shape index (κ1) is 14.1. The minimum Gasteiger partial charge on any atom is -0.481 e. The highest BCUT2D eigenvalue weighted by Crippen LogP contribution is 2.42. The lowest BCUT2D eigenvalue weighted by Gasteiger charge is -2.41. The number of alkyl halides is 3. The SMILES string of the molecule is O=C(O)C1CN(C(=O)C2CCCCC2C(F)(F)F)C1. The van der Waals surface area contributed by atoms with Crippen LogP contribution in [0.25, 0.3) is 0 Å². The quantitative estimate of drug-likeness (QED) is 0.840. The van der Waals surface area contributed by atoms with Crippen LogP contribution in [0.4, 0.5) is 13.2 Å². The molecule has 1 aliphatic heterocycles. The summed E-state index contributed by atoms with van der Waals surface area (Å²) in [7, 11) is 0. The van der Waals surface area contributed by atoms with Crippen LogP contribution >= 0.6 is 0 Å². The lowest BCUT2D eigenvalue weighted by Crippen LogP contribution is -2.56. The summed E-state index contributed by atoms with van der Waals surface area (Å²) >= 11 is 0. The third kappa shape index (κ3) is 2.84. The van der Waals surface area contributed by atoms with E-state index in [2.05, 4.69) is 0 Å². The van der Waals surface area contributed by atoms with E-state index in [-0.39, 0.29) is 25.9 Å². The van der Waals surface area contributed by atoms with Crippen LogP contribution in [0, 0.1) is 17.8 Å². The maximum Gasteiger partial charge on any atom is 0.392 e. The second kappa shape index (κ2) is 5.02. The van der Waals surface area contributed by atoms with Gasteiger partial charge in [-0.1, -0.05) is 12.8 Å². The van der Waals surface area contributed by atoms with Crippen molar-refractivity contribution < 1.29 is 27.9 Å². The fourth-order valence-corrected chi connectivity index (χ4v) is 2.87. The summed E-state index contributed by atoms with van der Waals surface area (Å²) in [6.45, 7) is 0.0739. The van der Waals surface area contributed by atoms with Crippen molar-refractivity contribution in [2.45, 2.75) is 31.9 Å². The van der Waals surface area contributed by atoms with Gasteiger partial charge in [-0.15, -0.1) is 0 Å². The Morgan fingerprint density at radius 2 is 1.68 bits per heavy atom. The largest absolute Gasteiger partial charge is 0.481 e. The van der Waals surface area contributed by atoms with Crippen LogP contribution < -0.4 is 0 Å². The smallest absolute Gasteiger partial charge is 0.392 e. The monoisotopic (exact) mass is 279 g/mol. The number of carboxylic acids is 1. The molecule has 2 aliphatic rings. The van der Waals surface area contributed by atoms with Crippen LogP contribution in [0.5, 0.6) is 0 Å². The van der Waals surface area contributed by atoms with E-state index in [0.717, 1.165) is 0 Å². The molecule has 7 heteroatoms. The molecular weight excluding hydrogens is 263 g/mol. The van der Waals surface area contributed by atoms with E-state index in [4.69, 9.17) is 5.11 Å². The summed E-state index contributed by atoms with van der Waals surface area (Å²) in [6.07, 6.45) is -2.99. The normalized spacial score (nSPS) is 28.9. The van der Waals surface area contributed by atoms with Crippen molar-refractivity contribution in [1.82, 2.24) is 4.90 Å². The Morgan fingerprint density at radius 3 is 2.21 bits per heavy atom. The summed E-state index contributed by atoms with van der Waals surface area (Å²) < 4.78 is 38.6. The molecule has 2 rings (SSSR count). The summed E-state index contributed by atoms with van der Waals surface area (Å²) in [5, 5.41) is 8.71. The molecule has 0 spiro atoms. The Labute approximate surface area is 108 Å². The minimum atomic E-state index is -4.35. The predicted molar refractivity (Wildman–Crippen MR) is 59.2 cm³/mol. The number of amides is 1. The molecule has 1 saturated carbocycles. The molecule has 0 radical (unpaired) electrons. The molecule has 2 fully saturated rings. The zero-order valence-electron chi connectivity index (χ0n) is 10.3. The number of halogens is 3. The van der Waals surface area contributed by atoms with Crippen molar-refractivity contribution in [3.05, 3.63) is 0 Å². The maximum absolute atomic E-state index is 12.9. The van der Waals surface area contributed by atoms with Crippen molar-refractivity contribution in [3.63, 3.8) is 0 Å². The van der Waals surface area contributed by atoms with Gasteiger partial charge in [0.2, 0.25) is 5.91 Å². The van der Waals surface area contributed by atoms with Gasteiger partial charge in [0.05, 0.1) is 11.8 Å². The first-order chi connectivity index (χ1) is 8.80. The van der Waals surface area contributed by atoms with E-state index in [0.29, 0.717) is 12.8 Å². The van der Waals surface area contributed by atoms with Crippen LogP contribution in [-0.2, 0) is 9.59 Å². The minimum absolute atomic E-state index is 0.00386. The van der Waals surface area contributed by atoms with Crippen LogP contribution in [0.1, 0.15) is 25.7 Å². The molecule has 2 atom stereocenters. The molecule has 1 saturated heterocycles. The number of rotatable bonds is 2. The molecule has 1 N–H and O–H groups in total. The third-order valence-corrected chi connectivity index (χ3v) is 4.05. The van der Waals surface area contributed by atoms with Crippen molar-refractivity contribution in [2.24, 2.45) is 17.8 Å². The average molecular weight is 279 g/mol. The molecule has 0 aromatic rings. The number of carboxylic acid groups (broad SMARTS) is 1. The molecule has 4 nitrogen and oxygen atoms in total. The first-order valence-electron chi connectivity index (χ1n) is 6.39. The van der Waals surface area contributed by atoms with Crippen LogP contribution in [0.15, 0.2) is 0 Å². The number of likely N-dealkylation sites (tertiary alicyclic amines) is 1. The first-order valence-corrected chi connectivity index (χ1v) is 6.39. The highest BCUT2D eigenvalue weighted by atomic mass is 19.4. The predicted octanol–water partition coefficient (Wildman–Crippen LogP) is 1.90. The van der Waals surface area contributed by atoms with Gasteiger partial charge in [-0.25, -0.2) is 0 Å². The van der Waals surface area contributed by atoms with Crippen LogP contribution in [0.3, 0.4) is 0 Å². The zero-order valence-corrected chi connectivity index (χ0v) is 10.3. The van der Waals surface area contributed by atoms with E-state index in [1.165, 1.54) is 4.90 Å². The van der Waals surface area contributed by atoms with E-state index in [9.17, 15) is 22.8 Å². The fourth-order valence-electron chi connectivity index (χ4n) is 2.87. The average Bonchev–Trinajstić information content (AvgIpc) is 2.25. The zero-order chi connectivity index (χ0) is 14.2. The van der Waals surface area contributed by atoms with E-state index in [1.807, 2.05) is 0 Å². The molecule has 0 aromatic heterocycles. The van der Waals surface area contributed by atoms with Crippen molar-refractivity contribution in [1.29, 1.82) is 0 Å². The fraction of sp³-hybridized carbons (Fsp3) is 0.833. The molecule has 1 aliphatic carbocycles. The van der Waals surface area contributed by atoms with Crippen LogP contribution in [0.2, 0.25) is 0 Å². The molecule has 108 valence electrons. The van der Waals surface area contributed by atoms with Gasteiger partial charge in [-0.05, 0) is 12.8 Å². The summed E-state index contributed by atoms with van der Waals surface area (Å²) in [5.41, 5.74) is 0. The van der Waals surface area contributed by atoms with Gasteiger partial charge in [0.25, 0.3) is 0 Å². The Kier molecular flexibility index (Phi) is 3.73. The summed E-state index contributed by atoms with van der Waals surface area (Å²) in [4.78, 5) is 23.9. The summed E-state index contributed by atoms with van der Waals surface area (Å²) in [5.74, 6) is -4.75. The van der Waals surface area contributed by atoms with Gasteiger partial charge in [-0.2, -0.15) is 13.2 Å². The number of carbonyl (C=O) groups is 2.